The molecule has 1 saturated carbocycles. The van der Waals surface area contributed by atoms with Crippen molar-refractivity contribution in [3.05, 3.63) is 17.7 Å². The highest BCUT2D eigenvalue weighted by Gasteiger charge is 2.49. The Morgan fingerprint density at radius 1 is 1.00 bits per heavy atom. The second-order valence-electron chi connectivity index (χ2n) is 6.71. The maximum atomic E-state index is 11.1. The smallest absolute Gasteiger partial charge is 0.164 e. The second kappa shape index (κ2) is 6.57. The fraction of sp³-hybridized carbons (Fsp3) is 0.667. The van der Waals surface area contributed by atoms with E-state index in [1.807, 2.05) is 12.1 Å². The van der Waals surface area contributed by atoms with Gasteiger partial charge in [-0.25, -0.2) is 0 Å². The zero-order chi connectivity index (χ0) is 16.4. The van der Waals surface area contributed by atoms with Crippen molar-refractivity contribution in [2.24, 2.45) is 5.92 Å². The number of hydrogen-bond acceptors (Lipinski definition) is 4. The lowest BCUT2D eigenvalue weighted by Gasteiger charge is -2.46. The molecule has 0 amide bonds. The first kappa shape index (κ1) is 16.4. The molecular formula is C18H28NO4+. The quantitative estimate of drug-likeness (QED) is 0.884. The van der Waals surface area contributed by atoms with Gasteiger partial charge in [0.15, 0.2) is 11.5 Å². The van der Waals surface area contributed by atoms with Crippen molar-refractivity contribution in [3.8, 4) is 17.2 Å². The number of fused-ring (bicyclic) bond motifs is 1. The summed E-state index contributed by atoms with van der Waals surface area (Å²) in [4.78, 5) is 0. The van der Waals surface area contributed by atoms with Crippen LogP contribution in [0.1, 0.15) is 43.7 Å². The highest BCUT2D eigenvalue weighted by atomic mass is 16.5. The number of methoxy groups -OCH3 is 3. The van der Waals surface area contributed by atoms with Gasteiger partial charge in [-0.05, 0) is 18.9 Å². The predicted molar refractivity (Wildman–Crippen MR) is 87.2 cm³/mol. The number of aliphatic hydroxyl groups is 1. The van der Waals surface area contributed by atoms with Crippen LogP contribution in [0.5, 0.6) is 17.2 Å². The summed E-state index contributed by atoms with van der Waals surface area (Å²) in [5, 5.41) is 13.4. The minimum absolute atomic E-state index is 0.198. The standard InChI is InChI=1S/C18H27NO4/c1-21-14-11-16(23-3)15(22-2)10-12(14)17-13-6-4-5-7-18(13,20)8-9-19-17/h10-11,13,17,19-20H,4-9H2,1-3H3/p+1/t13-,17+,18+/m1/s1. The van der Waals surface area contributed by atoms with E-state index in [2.05, 4.69) is 5.32 Å². The minimum Gasteiger partial charge on any atom is -0.496 e. The molecule has 1 heterocycles. The Hall–Kier alpha value is -1.46. The van der Waals surface area contributed by atoms with Crippen molar-refractivity contribution < 1.29 is 24.6 Å². The Bertz CT molecular complexity index is 558. The van der Waals surface area contributed by atoms with Crippen LogP contribution in [0.25, 0.3) is 0 Å². The third-order valence-corrected chi connectivity index (χ3v) is 5.59. The van der Waals surface area contributed by atoms with Crippen molar-refractivity contribution in [1.82, 2.24) is 0 Å². The molecule has 0 spiro atoms. The summed E-state index contributed by atoms with van der Waals surface area (Å²) >= 11 is 0. The van der Waals surface area contributed by atoms with Crippen molar-refractivity contribution in [3.63, 3.8) is 0 Å². The van der Waals surface area contributed by atoms with Gasteiger partial charge in [-0.1, -0.05) is 12.8 Å². The minimum atomic E-state index is -0.532. The number of rotatable bonds is 4. The van der Waals surface area contributed by atoms with Crippen LogP contribution < -0.4 is 19.5 Å². The molecule has 3 N–H and O–H groups in total. The summed E-state index contributed by atoms with van der Waals surface area (Å²) < 4.78 is 16.5. The monoisotopic (exact) mass is 322 g/mol. The molecule has 2 fully saturated rings. The molecule has 2 aliphatic rings. The molecule has 0 radical (unpaired) electrons. The Morgan fingerprint density at radius 2 is 1.70 bits per heavy atom. The van der Waals surface area contributed by atoms with Gasteiger partial charge in [0.05, 0.1) is 39.0 Å². The summed E-state index contributed by atoms with van der Waals surface area (Å²) in [6, 6.07) is 4.10. The van der Waals surface area contributed by atoms with E-state index in [4.69, 9.17) is 14.2 Å². The van der Waals surface area contributed by atoms with Crippen LogP contribution in [0.3, 0.4) is 0 Å². The molecule has 5 nitrogen and oxygen atoms in total. The van der Waals surface area contributed by atoms with Gasteiger partial charge in [-0.3, -0.25) is 0 Å². The van der Waals surface area contributed by atoms with E-state index < -0.39 is 5.60 Å². The summed E-state index contributed by atoms with van der Waals surface area (Å²) in [5.41, 5.74) is 0.561. The predicted octanol–water partition coefficient (Wildman–Crippen LogP) is 1.64. The molecule has 0 bridgehead atoms. The van der Waals surface area contributed by atoms with E-state index in [9.17, 15) is 5.11 Å². The molecule has 128 valence electrons. The van der Waals surface area contributed by atoms with Crippen LogP contribution >= 0.6 is 0 Å². The Kier molecular flexibility index (Phi) is 4.69. The average Bonchev–Trinajstić information content (AvgIpc) is 2.59. The van der Waals surface area contributed by atoms with E-state index in [0.717, 1.165) is 43.5 Å². The van der Waals surface area contributed by atoms with Crippen LogP contribution in [0.2, 0.25) is 0 Å². The Labute approximate surface area is 137 Å². The third-order valence-electron chi connectivity index (χ3n) is 5.59. The first-order valence-electron chi connectivity index (χ1n) is 8.48. The van der Waals surface area contributed by atoms with Gasteiger partial charge in [0, 0.05) is 18.4 Å². The molecule has 1 aromatic rings. The van der Waals surface area contributed by atoms with Gasteiger partial charge in [0.25, 0.3) is 0 Å². The molecule has 23 heavy (non-hydrogen) atoms. The number of hydrogen-bond donors (Lipinski definition) is 2. The van der Waals surface area contributed by atoms with Gasteiger partial charge >= 0.3 is 0 Å². The molecule has 1 aromatic carbocycles. The van der Waals surface area contributed by atoms with Crippen molar-refractivity contribution in [2.75, 3.05) is 27.9 Å². The lowest BCUT2D eigenvalue weighted by Crippen LogP contribution is -2.91. The molecule has 3 atom stereocenters. The number of nitrogens with two attached hydrogens (primary N) is 1. The first-order valence-corrected chi connectivity index (χ1v) is 8.48. The number of quaternary nitrogens is 1. The summed E-state index contributed by atoms with van der Waals surface area (Å²) in [6.45, 7) is 0.940. The van der Waals surface area contributed by atoms with Crippen molar-refractivity contribution >= 4 is 0 Å². The van der Waals surface area contributed by atoms with Gasteiger partial charge in [-0.15, -0.1) is 0 Å². The lowest BCUT2D eigenvalue weighted by atomic mass is 9.66. The second-order valence-corrected chi connectivity index (χ2v) is 6.71. The van der Waals surface area contributed by atoms with Crippen LogP contribution in [0, 0.1) is 5.92 Å². The van der Waals surface area contributed by atoms with Gasteiger partial charge in [0.1, 0.15) is 11.8 Å². The maximum absolute atomic E-state index is 11.1. The lowest BCUT2D eigenvalue weighted by molar-refractivity contribution is -0.719. The molecule has 5 heteroatoms. The van der Waals surface area contributed by atoms with Gasteiger partial charge in [0.2, 0.25) is 0 Å². The Morgan fingerprint density at radius 3 is 2.39 bits per heavy atom. The summed E-state index contributed by atoms with van der Waals surface area (Å²) in [6.07, 6.45) is 5.17. The number of ether oxygens (including phenoxy) is 3. The number of benzene rings is 1. The summed E-state index contributed by atoms with van der Waals surface area (Å²) in [7, 11) is 4.96. The van der Waals surface area contributed by atoms with Crippen LogP contribution in [-0.2, 0) is 0 Å². The topological polar surface area (TPSA) is 64.5 Å². The van der Waals surface area contributed by atoms with Gasteiger partial charge < -0.3 is 24.6 Å². The van der Waals surface area contributed by atoms with E-state index in [1.54, 1.807) is 21.3 Å². The first-order chi connectivity index (χ1) is 11.1. The van der Waals surface area contributed by atoms with Crippen LogP contribution in [-0.4, -0.2) is 38.6 Å². The molecule has 1 saturated heterocycles. The van der Waals surface area contributed by atoms with Crippen molar-refractivity contribution in [2.45, 2.75) is 43.7 Å². The van der Waals surface area contributed by atoms with E-state index in [0.29, 0.717) is 11.5 Å². The SMILES string of the molecule is COc1cc(OC)c([C@@H]2[NH2+]CC[C@@]3(O)CCCC[C@H]23)cc1OC. The third kappa shape index (κ3) is 2.88. The largest absolute Gasteiger partial charge is 0.496 e. The fourth-order valence-electron chi connectivity index (χ4n) is 4.41. The normalized spacial score (nSPS) is 30.4. The molecular weight excluding hydrogens is 294 g/mol. The van der Waals surface area contributed by atoms with Crippen molar-refractivity contribution in [1.29, 1.82) is 0 Å². The van der Waals surface area contributed by atoms with E-state index in [-0.39, 0.29) is 12.0 Å². The summed E-state index contributed by atoms with van der Waals surface area (Å²) in [5.74, 6) is 2.44. The fourth-order valence-corrected chi connectivity index (χ4v) is 4.41. The molecule has 0 unspecified atom stereocenters. The molecule has 1 aliphatic carbocycles. The Balaban J connectivity index is 2.02. The van der Waals surface area contributed by atoms with E-state index in [1.165, 1.54) is 6.42 Å². The molecule has 1 aliphatic heterocycles. The van der Waals surface area contributed by atoms with E-state index >= 15 is 0 Å². The van der Waals surface area contributed by atoms with Crippen LogP contribution in [0.15, 0.2) is 12.1 Å². The zero-order valence-electron chi connectivity index (χ0n) is 14.3. The maximum Gasteiger partial charge on any atom is 0.164 e. The number of piperidine rings is 1. The van der Waals surface area contributed by atoms with Crippen LogP contribution in [0.4, 0.5) is 0 Å². The highest BCUT2D eigenvalue weighted by Crippen LogP contribution is 2.46. The molecule has 0 aromatic heterocycles. The molecule has 3 rings (SSSR count). The average molecular weight is 322 g/mol. The van der Waals surface area contributed by atoms with Gasteiger partial charge in [-0.2, -0.15) is 0 Å². The highest BCUT2D eigenvalue weighted by molar-refractivity contribution is 5.51. The zero-order valence-corrected chi connectivity index (χ0v) is 14.3.